The molecule has 0 bridgehead atoms. The Morgan fingerprint density at radius 3 is 2.09 bits per heavy atom. The molecule has 1 N–H and O–H groups in total. The van der Waals surface area contributed by atoms with Crippen LogP contribution in [0.25, 0.3) is 0 Å². The van der Waals surface area contributed by atoms with Crippen molar-refractivity contribution in [3.8, 4) is 0 Å². The van der Waals surface area contributed by atoms with E-state index in [0.717, 1.165) is 16.7 Å². The molecule has 0 aliphatic rings. The van der Waals surface area contributed by atoms with Gasteiger partial charge in [-0.2, -0.15) is 0 Å². The van der Waals surface area contributed by atoms with E-state index in [1.807, 2.05) is 67.6 Å². The van der Waals surface area contributed by atoms with Gasteiger partial charge in [0.05, 0.1) is 5.75 Å². The number of benzene rings is 3. The standard InChI is InChI=1S/C27H29FN2O2S/c1-2-29-27(32)25(17-21-9-5-3-6-10-21)30(18-22-13-15-24(28)16-14-22)26(31)20-33-19-23-11-7-4-8-12-23/h3-16,25H,2,17-20H2,1H3,(H,29,32)/t25-/m1/s1. The van der Waals surface area contributed by atoms with Gasteiger partial charge in [-0.25, -0.2) is 4.39 Å². The maximum Gasteiger partial charge on any atom is 0.243 e. The van der Waals surface area contributed by atoms with Crippen molar-refractivity contribution in [2.75, 3.05) is 12.3 Å². The number of carbonyl (C=O) groups is 2. The smallest absolute Gasteiger partial charge is 0.243 e. The molecule has 3 rings (SSSR count). The molecular weight excluding hydrogens is 435 g/mol. The summed E-state index contributed by atoms with van der Waals surface area (Å²) in [6.07, 6.45) is 0.406. The van der Waals surface area contributed by atoms with Gasteiger partial charge >= 0.3 is 0 Å². The zero-order valence-electron chi connectivity index (χ0n) is 18.7. The third-order valence-electron chi connectivity index (χ3n) is 5.23. The highest BCUT2D eigenvalue weighted by Gasteiger charge is 2.30. The molecule has 0 aromatic heterocycles. The first-order chi connectivity index (χ1) is 16.1. The molecule has 3 aromatic rings. The summed E-state index contributed by atoms with van der Waals surface area (Å²) in [4.78, 5) is 28.1. The van der Waals surface area contributed by atoms with Crippen LogP contribution in [0, 0.1) is 5.82 Å². The van der Waals surface area contributed by atoms with Gasteiger partial charge in [0.2, 0.25) is 11.8 Å². The molecule has 4 nitrogen and oxygen atoms in total. The van der Waals surface area contributed by atoms with Crippen molar-refractivity contribution in [1.82, 2.24) is 10.2 Å². The Bertz CT molecular complexity index is 1010. The van der Waals surface area contributed by atoms with Crippen molar-refractivity contribution in [2.24, 2.45) is 0 Å². The predicted molar refractivity (Wildman–Crippen MR) is 132 cm³/mol. The maximum absolute atomic E-state index is 13.4. The average Bonchev–Trinajstić information content (AvgIpc) is 2.84. The lowest BCUT2D eigenvalue weighted by atomic mass is 10.0. The van der Waals surface area contributed by atoms with Crippen molar-refractivity contribution < 1.29 is 14.0 Å². The van der Waals surface area contributed by atoms with Crippen LogP contribution in [0.5, 0.6) is 0 Å². The molecule has 0 unspecified atom stereocenters. The fourth-order valence-electron chi connectivity index (χ4n) is 3.55. The van der Waals surface area contributed by atoms with E-state index in [-0.39, 0.29) is 29.9 Å². The lowest BCUT2D eigenvalue weighted by molar-refractivity contribution is -0.139. The van der Waals surface area contributed by atoms with Crippen LogP contribution < -0.4 is 5.32 Å². The number of rotatable bonds is 11. The van der Waals surface area contributed by atoms with Crippen molar-refractivity contribution in [3.63, 3.8) is 0 Å². The summed E-state index contributed by atoms with van der Waals surface area (Å²) in [6.45, 7) is 2.57. The van der Waals surface area contributed by atoms with E-state index in [1.54, 1.807) is 17.0 Å². The number of amides is 2. The summed E-state index contributed by atoms with van der Waals surface area (Å²) >= 11 is 1.52. The molecule has 0 fully saturated rings. The van der Waals surface area contributed by atoms with Gasteiger partial charge in [-0.3, -0.25) is 9.59 Å². The molecule has 6 heteroatoms. The SMILES string of the molecule is CCNC(=O)[C@@H](Cc1ccccc1)N(Cc1ccc(F)cc1)C(=O)CSCc1ccccc1. The number of nitrogens with one attached hydrogen (secondary N) is 1. The first-order valence-corrected chi connectivity index (χ1v) is 12.2. The molecule has 0 spiro atoms. The van der Waals surface area contributed by atoms with Gasteiger partial charge in [0.15, 0.2) is 0 Å². The molecule has 0 radical (unpaired) electrons. The number of halogens is 1. The Balaban J connectivity index is 1.81. The van der Waals surface area contributed by atoms with Crippen molar-refractivity contribution in [1.29, 1.82) is 0 Å². The quantitative estimate of drug-likeness (QED) is 0.442. The normalized spacial score (nSPS) is 11.6. The van der Waals surface area contributed by atoms with Crippen molar-refractivity contribution in [2.45, 2.75) is 31.7 Å². The zero-order valence-corrected chi connectivity index (χ0v) is 19.6. The second kappa shape index (κ2) is 12.8. The van der Waals surface area contributed by atoms with Gasteiger partial charge in [0, 0.05) is 25.3 Å². The van der Waals surface area contributed by atoms with E-state index in [1.165, 1.54) is 23.9 Å². The van der Waals surface area contributed by atoms with Gasteiger partial charge in [0.25, 0.3) is 0 Å². The number of carbonyl (C=O) groups excluding carboxylic acids is 2. The van der Waals surface area contributed by atoms with Gasteiger partial charge in [-0.15, -0.1) is 11.8 Å². The van der Waals surface area contributed by atoms with E-state index < -0.39 is 6.04 Å². The minimum Gasteiger partial charge on any atom is -0.355 e. The fraction of sp³-hybridized carbons (Fsp3) is 0.259. The number of likely N-dealkylation sites (N-methyl/N-ethyl adjacent to an activating group) is 1. The lowest BCUT2D eigenvalue weighted by Crippen LogP contribution is -2.51. The second-order valence-corrected chi connectivity index (χ2v) is 8.71. The van der Waals surface area contributed by atoms with Crippen LogP contribution in [0.1, 0.15) is 23.6 Å². The predicted octanol–water partition coefficient (Wildman–Crippen LogP) is 4.84. The lowest BCUT2D eigenvalue weighted by Gasteiger charge is -2.31. The molecule has 0 saturated heterocycles. The summed E-state index contributed by atoms with van der Waals surface area (Å²) in [6, 6.07) is 25.0. The molecule has 33 heavy (non-hydrogen) atoms. The van der Waals surface area contributed by atoms with Gasteiger partial charge in [-0.05, 0) is 35.7 Å². The molecule has 0 saturated carbocycles. The van der Waals surface area contributed by atoms with Gasteiger partial charge in [0.1, 0.15) is 11.9 Å². The highest BCUT2D eigenvalue weighted by atomic mass is 32.2. The van der Waals surface area contributed by atoms with Crippen LogP contribution in [0.15, 0.2) is 84.9 Å². The fourth-order valence-corrected chi connectivity index (χ4v) is 4.42. The Hall–Kier alpha value is -3.12. The average molecular weight is 465 g/mol. The van der Waals surface area contributed by atoms with Gasteiger partial charge < -0.3 is 10.2 Å². The largest absolute Gasteiger partial charge is 0.355 e. The molecule has 0 aliphatic heterocycles. The molecule has 3 aromatic carbocycles. The van der Waals surface area contributed by atoms with Crippen LogP contribution in [-0.4, -0.2) is 35.1 Å². The highest BCUT2D eigenvalue weighted by Crippen LogP contribution is 2.18. The van der Waals surface area contributed by atoms with Crippen LogP contribution in [-0.2, 0) is 28.3 Å². The number of hydrogen-bond acceptors (Lipinski definition) is 3. The molecule has 0 aliphatic carbocycles. The summed E-state index contributed by atoms with van der Waals surface area (Å²) in [5.74, 6) is 0.319. The third kappa shape index (κ3) is 7.75. The van der Waals surface area contributed by atoms with E-state index in [4.69, 9.17) is 0 Å². The Morgan fingerprint density at radius 2 is 1.48 bits per heavy atom. The Kier molecular flexibility index (Phi) is 9.51. The van der Waals surface area contributed by atoms with Crippen LogP contribution in [0.2, 0.25) is 0 Å². The molecule has 1 atom stereocenters. The second-order valence-electron chi connectivity index (χ2n) is 7.73. The monoisotopic (exact) mass is 464 g/mol. The Labute approximate surface area is 199 Å². The number of nitrogens with zero attached hydrogens (tertiary/aromatic N) is 1. The first-order valence-electron chi connectivity index (χ1n) is 11.0. The van der Waals surface area contributed by atoms with Crippen LogP contribution in [0.4, 0.5) is 4.39 Å². The van der Waals surface area contributed by atoms with E-state index in [2.05, 4.69) is 5.32 Å². The summed E-state index contributed by atoms with van der Waals surface area (Å²) in [5.41, 5.74) is 2.90. The van der Waals surface area contributed by atoms with Crippen LogP contribution >= 0.6 is 11.8 Å². The summed E-state index contributed by atoms with van der Waals surface area (Å²) in [7, 11) is 0. The summed E-state index contributed by atoms with van der Waals surface area (Å²) < 4.78 is 13.4. The van der Waals surface area contributed by atoms with Crippen LogP contribution in [0.3, 0.4) is 0 Å². The van der Waals surface area contributed by atoms with Crippen molar-refractivity contribution in [3.05, 3.63) is 107 Å². The van der Waals surface area contributed by atoms with Gasteiger partial charge in [-0.1, -0.05) is 72.8 Å². The molecule has 0 heterocycles. The topological polar surface area (TPSA) is 49.4 Å². The molecular formula is C27H29FN2O2S. The minimum absolute atomic E-state index is 0.118. The van der Waals surface area contributed by atoms with E-state index in [0.29, 0.717) is 18.7 Å². The minimum atomic E-state index is -0.665. The first kappa shape index (κ1) is 24.5. The van der Waals surface area contributed by atoms with Crippen molar-refractivity contribution >= 4 is 23.6 Å². The highest BCUT2D eigenvalue weighted by molar-refractivity contribution is 7.99. The number of hydrogen-bond donors (Lipinski definition) is 1. The maximum atomic E-state index is 13.4. The third-order valence-corrected chi connectivity index (χ3v) is 6.21. The summed E-state index contributed by atoms with van der Waals surface area (Å²) in [5, 5.41) is 2.88. The molecule has 2 amide bonds. The molecule has 172 valence electrons. The van der Waals surface area contributed by atoms with E-state index in [9.17, 15) is 14.0 Å². The number of thioether (sulfide) groups is 1. The zero-order chi connectivity index (χ0) is 23.5. The van der Waals surface area contributed by atoms with E-state index >= 15 is 0 Å². The Morgan fingerprint density at radius 1 is 0.879 bits per heavy atom.